The van der Waals surface area contributed by atoms with Crippen molar-refractivity contribution in [3.05, 3.63) is 0 Å². The molecule has 0 aromatic heterocycles. The predicted molar refractivity (Wildman–Crippen MR) is 199 cm³/mol. The first-order chi connectivity index (χ1) is 19.9. The number of thiol groups is 1. The van der Waals surface area contributed by atoms with Crippen molar-refractivity contribution in [2.45, 2.75) is 231 Å². The Morgan fingerprint density at radius 1 is 0.200 bits per heavy atom. The molecule has 0 fully saturated rings. The van der Waals surface area contributed by atoms with Crippen LogP contribution in [0, 0.1) is 0 Å². The van der Waals surface area contributed by atoms with Crippen molar-refractivity contribution in [3.8, 4) is 0 Å². The van der Waals surface area contributed by atoms with Crippen LogP contribution in [0.2, 0.25) is 0 Å². The molecular formula is C38H77IS. The Labute approximate surface area is 275 Å². The van der Waals surface area contributed by atoms with E-state index in [1.54, 1.807) is 0 Å². The van der Waals surface area contributed by atoms with Crippen molar-refractivity contribution >= 4 is 35.2 Å². The number of hydrogen-bond donors (Lipinski definition) is 1. The van der Waals surface area contributed by atoms with E-state index in [2.05, 4.69) is 35.2 Å². The van der Waals surface area contributed by atoms with Crippen LogP contribution in [0.5, 0.6) is 0 Å². The molecule has 0 atom stereocenters. The zero-order valence-electron chi connectivity index (χ0n) is 27.7. The SMILES string of the molecule is SCCCCCCCCCCCCCCCCCCCCCCCCCCCCCCCCCCCCCCI. The second-order valence-corrected chi connectivity index (χ2v) is 14.7. The highest BCUT2D eigenvalue weighted by Crippen LogP contribution is 2.17. The molecule has 0 aliphatic rings. The van der Waals surface area contributed by atoms with E-state index >= 15 is 0 Å². The third-order valence-corrected chi connectivity index (χ3v) is 10.1. The van der Waals surface area contributed by atoms with E-state index < -0.39 is 0 Å². The quantitative estimate of drug-likeness (QED) is 0.0285. The molecule has 0 nitrogen and oxygen atoms in total. The van der Waals surface area contributed by atoms with Gasteiger partial charge in [-0.05, 0) is 23.0 Å². The van der Waals surface area contributed by atoms with Gasteiger partial charge in [0.15, 0.2) is 0 Å². The predicted octanol–water partition coefficient (Wildman–Crippen LogP) is 15.4. The molecule has 0 N–H and O–H groups in total. The highest BCUT2D eigenvalue weighted by atomic mass is 127. The van der Waals surface area contributed by atoms with Gasteiger partial charge in [-0.3, -0.25) is 0 Å². The number of alkyl halides is 1. The first kappa shape index (κ1) is 41.1. The van der Waals surface area contributed by atoms with E-state index in [0.29, 0.717) is 0 Å². The zero-order chi connectivity index (χ0) is 28.9. The van der Waals surface area contributed by atoms with E-state index in [0.717, 1.165) is 5.75 Å². The molecule has 242 valence electrons. The minimum Gasteiger partial charge on any atom is -0.179 e. The molecule has 0 aliphatic carbocycles. The van der Waals surface area contributed by atoms with Gasteiger partial charge in [0.2, 0.25) is 0 Å². The largest absolute Gasteiger partial charge is 0.179 e. The lowest BCUT2D eigenvalue weighted by molar-refractivity contribution is 0.511. The molecule has 2 heteroatoms. The second kappa shape index (κ2) is 40.1. The fourth-order valence-electron chi connectivity index (χ4n) is 6.22. The normalized spacial score (nSPS) is 11.6. The van der Waals surface area contributed by atoms with Crippen LogP contribution in [0.3, 0.4) is 0 Å². The zero-order valence-corrected chi connectivity index (χ0v) is 30.7. The van der Waals surface area contributed by atoms with Gasteiger partial charge < -0.3 is 0 Å². The van der Waals surface area contributed by atoms with Crippen molar-refractivity contribution in [1.29, 1.82) is 0 Å². The molecule has 0 radical (unpaired) electrons. The third kappa shape index (κ3) is 39.1. The maximum atomic E-state index is 4.29. The highest BCUT2D eigenvalue weighted by Gasteiger charge is 1.97. The average Bonchev–Trinajstić information content (AvgIpc) is 2.97. The van der Waals surface area contributed by atoms with Crippen LogP contribution in [-0.4, -0.2) is 10.2 Å². The summed E-state index contributed by atoms with van der Waals surface area (Å²) in [6.45, 7) is 0. The summed E-state index contributed by atoms with van der Waals surface area (Å²) in [5, 5.41) is 0. The molecule has 0 aliphatic heterocycles. The van der Waals surface area contributed by atoms with E-state index in [1.165, 1.54) is 236 Å². The summed E-state index contributed by atoms with van der Waals surface area (Å²) in [4.78, 5) is 0. The minimum atomic E-state index is 1.07. The summed E-state index contributed by atoms with van der Waals surface area (Å²) in [5.74, 6) is 1.07. The molecule has 40 heavy (non-hydrogen) atoms. The summed E-state index contributed by atoms with van der Waals surface area (Å²) in [6.07, 6.45) is 53.1. The Hall–Kier alpha value is 1.08. The molecule has 0 aromatic carbocycles. The average molecular weight is 693 g/mol. The van der Waals surface area contributed by atoms with Gasteiger partial charge in [-0.2, -0.15) is 12.6 Å². The summed E-state index contributed by atoms with van der Waals surface area (Å²) < 4.78 is 1.34. The van der Waals surface area contributed by atoms with Gasteiger partial charge in [0, 0.05) is 0 Å². The number of halogens is 1. The Kier molecular flexibility index (Phi) is 41.2. The molecule has 0 rings (SSSR count). The lowest BCUT2D eigenvalue weighted by Gasteiger charge is -2.05. The first-order valence-corrected chi connectivity index (χ1v) is 21.2. The lowest BCUT2D eigenvalue weighted by atomic mass is 10.0. The molecule has 0 saturated carbocycles. The van der Waals surface area contributed by atoms with Crippen LogP contribution < -0.4 is 0 Å². The van der Waals surface area contributed by atoms with Gasteiger partial charge in [-0.25, -0.2) is 0 Å². The Morgan fingerprint density at radius 3 is 0.450 bits per heavy atom. The van der Waals surface area contributed by atoms with Crippen LogP contribution in [0.4, 0.5) is 0 Å². The molecule has 0 saturated heterocycles. The van der Waals surface area contributed by atoms with Crippen molar-refractivity contribution in [1.82, 2.24) is 0 Å². The number of unbranched alkanes of at least 4 members (excludes halogenated alkanes) is 35. The molecule has 0 aromatic rings. The maximum Gasteiger partial charge on any atom is -0.000473 e. The third-order valence-electron chi connectivity index (χ3n) is 9.04. The number of rotatable bonds is 37. The van der Waals surface area contributed by atoms with Crippen LogP contribution >= 0.6 is 35.2 Å². The van der Waals surface area contributed by atoms with Crippen molar-refractivity contribution in [2.75, 3.05) is 10.2 Å². The summed E-state index contributed by atoms with van der Waals surface area (Å²) >= 11 is 6.79. The smallest absolute Gasteiger partial charge is 0.000473 e. The van der Waals surface area contributed by atoms with Gasteiger partial charge in [0.1, 0.15) is 0 Å². The van der Waals surface area contributed by atoms with Gasteiger partial charge in [-0.15, -0.1) is 0 Å². The highest BCUT2D eigenvalue weighted by molar-refractivity contribution is 14.1. The molecule has 0 unspecified atom stereocenters. The first-order valence-electron chi connectivity index (χ1n) is 19.1. The van der Waals surface area contributed by atoms with Gasteiger partial charge in [0.05, 0.1) is 0 Å². The summed E-state index contributed by atoms with van der Waals surface area (Å²) in [5.41, 5.74) is 0. The molecule has 0 amide bonds. The van der Waals surface area contributed by atoms with E-state index in [1.807, 2.05) is 0 Å². The van der Waals surface area contributed by atoms with Crippen molar-refractivity contribution in [3.63, 3.8) is 0 Å². The molecular weight excluding hydrogens is 615 g/mol. The van der Waals surface area contributed by atoms with Gasteiger partial charge in [-0.1, -0.05) is 241 Å². The standard InChI is InChI=1S/C38H77IS/c39-37-35-33-31-29-27-25-23-21-19-17-15-13-11-9-7-5-3-1-2-4-6-8-10-12-14-16-18-20-22-24-26-28-30-32-34-36-38-40/h40H,1-38H2. The molecule has 0 heterocycles. The Morgan fingerprint density at radius 2 is 0.325 bits per heavy atom. The monoisotopic (exact) mass is 692 g/mol. The topological polar surface area (TPSA) is 0 Å². The fourth-order valence-corrected chi connectivity index (χ4v) is 6.98. The van der Waals surface area contributed by atoms with Gasteiger partial charge >= 0.3 is 0 Å². The van der Waals surface area contributed by atoms with Crippen LogP contribution in [-0.2, 0) is 0 Å². The van der Waals surface area contributed by atoms with Crippen molar-refractivity contribution < 1.29 is 0 Å². The maximum absolute atomic E-state index is 4.29. The van der Waals surface area contributed by atoms with Crippen LogP contribution in [0.15, 0.2) is 0 Å². The summed E-state index contributed by atoms with van der Waals surface area (Å²) in [6, 6.07) is 0. The lowest BCUT2D eigenvalue weighted by Crippen LogP contribution is -1.85. The fraction of sp³-hybridized carbons (Fsp3) is 1.00. The van der Waals surface area contributed by atoms with Crippen LogP contribution in [0.1, 0.15) is 231 Å². The number of hydrogen-bond acceptors (Lipinski definition) is 1. The van der Waals surface area contributed by atoms with Gasteiger partial charge in [0.25, 0.3) is 0 Å². The van der Waals surface area contributed by atoms with E-state index in [9.17, 15) is 0 Å². The Bertz CT molecular complexity index is 374. The molecule has 0 bridgehead atoms. The molecule has 0 spiro atoms. The van der Waals surface area contributed by atoms with Crippen molar-refractivity contribution in [2.24, 2.45) is 0 Å². The summed E-state index contributed by atoms with van der Waals surface area (Å²) in [7, 11) is 0. The minimum absolute atomic E-state index is 1.07. The van der Waals surface area contributed by atoms with E-state index in [4.69, 9.17) is 0 Å². The second-order valence-electron chi connectivity index (χ2n) is 13.1. The van der Waals surface area contributed by atoms with E-state index in [-0.39, 0.29) is 0 Å². The van der Waals surface area contributed by atoms with Crippen LogP contribution in [0.25, 0.3) is 0 Å². The Balaban J connectivity index is 3.01.